The topological polar surface area (TPSA) is 66.1 Å². The van der Waals surface area contributed by atoms with Crippen molar-refractivity contribution in [3.8, 4) is 6.07 Å². The highest BCUT2D eigenvalue weighted by Crippen LogP contribution is 2.27. The quantitative estimate of drug-likeness (QED) is 0.763. The fourth-order valence-electron chi connectivity index (χ4n) is 2.10. The van der Waals surface area contributed by atoms with E-state index in [1.165, 1.54) is 4.31 Å². The van der Waals surface area contributed by atoms with Crippen LogP contribution >= 0.6 is 0 Å². The number of nitrogens with zero attached hydrogens (tertiary/aromatic N) is 3. The molecule has 1 aliphatic heterocycles. The first-order valence-corrected chi connectivity index (χ1v) is 6.68. The molecule has 2 rings (SSSR count). The van der Waals surface area contributed by atoms with E-state index in [0.29, 0.717) is 13.1 Å². The largest absolute Gasteiger partial charge is 0.349 e. The van der Waals surface area contributed by atoms with Crippen LogP contribution in [0.2, 0.25) is 0 Å². The molecule has 0 fully saturated rings. The van der Waals surface area contributed by atoms with Crippen LogP contribution in [-0.2, 0) is 16.6 Å². The zero-order chi connectivity index (χ0) is 11.8. The lowest BCUT2D eigenvalue weighted by Crippen LogP contribution is -2.41. The molecule has 0 radical (unpaired) electrons. The third-order valence-corrected chi connectivity index (χ3v) is 4.60. The summed E-state index contributed by atoms with van der Waals surface area (Å²) in [6.07, 6.45) is 1.94. The summed E-state index contributed by atoms with van der Waals surface area (Å²) in [6.45, 7) is 2.93. The summed E-state index contributed by atoms with van der Waals surface area (Å²) in [5, 5.41) is 8.51. The minimum absolute atomic E-state index is 0.193. The predicted octanol–water partition coefficient (Wildman–Crippen LogP) is 0.718. The van der Waals surface area contributed by atoms with Gasteiger partial charge in [-0.15, -0.1) is 0 Å². The summed E-state index contributed by atoms with van der Waals surface area (Å²) < 4.78 is 27.1. The van der Waals surface area contributed by atoms with E-state index in [0.717, 1.165) is 5.69 Å². The maximum absolute atomic E-state index is 11.8. The molecule has 0 amide bonds. The standard InChI is InChI=1S/C10H13N3O2S/c1-9-10-3-2-5-12(10)6-7-13(9)16(14,15)8-4-11/h2-3,5,9H,6-8H2,1H3. The highest BCUT2D eigenvalue weighted by molar-refractivity contribution is 7.89. The van der Waals surface area contributed by atoms with Gasteiger partial charge in [-0.3, -0.25) is 0 Å². The summed E-state index contributed by atoms with van der Waals surface area (Å²) in [5.41, 5.74) is 0.979. The first-order valence-electron chi connectivity index (χ1n) is 5.08. The summed E-state index contributed by atoms with van der Waals surface area (Å²) in [5.74, 6) is -0.446. The molecule has 0 spiro atoms. The van der Waals surface area contributed by atoms with Crippen molar-refractivity contribution in [3.63, 3.8) is 0 Å². The maximum Gasteiger partial charge on any atom is 0.228 e. The van der Waals surface area contributed by atoms with Crippen LogP contribution in [0.1, 0.15) is 18.7 Å². The summed E-state index contributed by atoms with van der Waals surface area (Å²) in [6, 6.07) is 5.34. The van der Waals surface area contributed by atoms with Crippen molar-refractivity contribution >= 4 is 10.0 Å². The van der Waals surface area contributed by atoms with E-state index in [1.54, 1.807) is 6.07 Å². The molecule has 1 aliphatic rings. The normalized spacial score (nSPS) is 21.4. The van der Waals surface area contributed by atoms with Crippen molar-refractivity contribution in [2.45, 2.75) is 19.5 Å². The van der Waals surface area contributed by atoms with Gasteiger partial charge in [0.25, 0.3) is 0 Å². The number of fused-ring (bicyclic) bond motifs is 1. The zero-order valence-electron chi connectivity index (χ0n) is 9.00. The third kappa shape index (κ3) is 1.72. The molecule has 0 aromatic carbocycles. The predicted molar refractivity (Wildman–Crippen MR) is 59.0 cm³/mol. The Morgan fingerprint density at radius 1 is 1.56 bits per heavy atom. The first kappa shape index (κ1) is 11.2. The van der Waals surface area contributed by atoms with Crippen molar-refractivity contribution in [1.29, 1.82) is 5.26 Å². The SMILES string of the molecule is CC1c2cccn2CCN1S(=O)(=O)CC#N. The Hall–Kier alpha value is -1.32. The number of rotatable bonds is 2. The fraction of sp³-hybridized carbons (Fsp3) is 0.500. The molecule has 0 saturated carbocycles. The molecule has 16 heavy (non-hydrogen) atoms. The van der Waals surface area contributed by atoms with Gasteiger partial charge in [-0.1, -0.05) is 0 Å². The lowest BCUT2D eigenvalue weighted by atomic mass is 10.2. The van der Waals surface area contributed by atoms with Gasteiger partial charge in [0.15, 0.2) is 5.75 Å². The molecule has 86 valence electrons. The van der Waals surface area contributed by atoms with Crippen LogP contribution in [0.15, 0.2) is 18.3 Å². The van der Waals surface area contributed by atoms with Crippen molar-refractivity contribution in [2.24, 2.45) is 0 Å². The molecular formula is C10H13N3O2S. The van der Waals surface area contributed by atoms with Gasteiger partial charge in [0.1, 0.15) is 0 Å². The van der Waals surface area contributed by atoms with E-state index < -0.39 is 15.8 Å². The molecule has 2 heterocycles. The first-order chi connectivity index (χ1) is 7.56. The Balaban J connectivity index is 2.33. The van der Waals surface area contributed by atoms with Crippen molar-refractivity contribution < 1.29 is 8.42 Å². The highest BCUT2D eigenvalue weighted by atomic mass is 32.2. The Kier molecular flexibility index (Phi) is 2.74. The van der Waals surface area contributed by atoms with Crippen molar-refractivity contribution in [1.82, 2.24) is 8.87 Å². The van der Waals surface area contributed by atoms with Gasteiger partial charge in [0, 0.05) is 25.0 Å². The Morgan fingerprint density at radius 3 is 3.00 bits per heavy atom. The molecule has 1 aromatic heterocycles. The average Bonchev–Trinajstić information content (AvgIpc) is 2.66. The summed E-state index contributed by atoms with van der Waals surface area (Å²) in [7, 11) is -3.44. The Bertz CT molecular complexity index is 527. The van der Waals surface area contributed by atoms with Gasteiger partial charge >= 0.3 is 0 Å². The Morgan fingerprint density at radius 2 is 2.31 bits per heavy atom. The molecular weight excluding hydrogens is 226 g/mol. The van der Waals surface area contributed by atoms with Gasteiger partial charge in [0.05, 0.1) is 12.1 Å². The van der Waals surface area contributed by atoms with Crippen LogP contribution in [0.3, 0.4) is 0 Å². The number of aromatic nitrogens is 1. The van der Waals surface area contributed by atoms with Crippen LogP contribution in [0, 0.1) is 11.3 Å². The molecule has 1 aromatic rings. The number of hydrogen-bond acceptors (Lipinski definition) is 3. The average molecular weight is 239 g/mol. The van der Waals surface area contributed by atoms with E-state index in [4.69, 9.17) is 5.26 Å². The monoisotopic (exact) mass is 239 g/mol. The lowest BCUT2D eigenvalue weighted by molar-refractivity contribution is 0.283. The van der Waals surface area contributed by atoms with Gasteiger partial charge in [0.2, 0.25) is 10.0 Å². The second-order valence-electron chi connectivity index (χ2n) is 3.83. The lowest BCUT2D eigenvalue weighted by Gasteiger charge is -2.33. The molecule has 0 bridgehead atoms. The van der Waals surface area contributed by atoms with Crippen LogP contribution < -0.4 is 0 Å². The van der Waals surface area contributed by atoms with E-state index in [2.05, 4.69) is 0 Å². The third-order valence-electron chi connectivity index (χ3n) is 2.89. The van der Waals surface area contributed by atoms with Crippen molar-refractivity contribution in [2.75, 3.05) is 12.3 Å². The van der Waals surface area contributed by atoms with Gasteiger partial charge in [-0.25, -0.2) is 8.42 Å². The van der Waals surface area contributed by atoms with Gasteiger partial charge in [-0.2, -0.15) is 9.57 Å². The second kappa shape index (κ2) is 3.92. The smallest absolute Gasteiger partial charge is 0.228 e. The van der Waals surface area contributed by atoms with Gasteiger partial charge < -0.3 is 4.57 Å². The van der Waals surface area contributed by atoms with Gasteiger partial charge in [-0.05, 0) is 19.1 Å². The number of sulfonamides is 1. The van der Waals surface area contributed by atoms with Crippen molar-refractivity contribution in [3.05, 3.63) is 24.0 Å². The van der Waals surface area contributed by atoms with E-state index in [-0.39, 0.29) is 6.04 Å². The van der Waals surface area contributed by atoms with Crippen LogP contribution in [0.5, 0.6) is 0 Å². The molecule has 5 nitrogen and oxygen atoms in total. The minimum Gasteiger partial charge on any atom is -0.349 e. The molecule has 0 N–H and O–H groups in total. The van der Waals surface area contributed by atoms with Crippen LogP contribution in [-0.4, -0.2) is 29.6 Å². The zero-order valence-corrected chi connectivity index (χ0v) is 9.81. The molecule has 6 heteroatoms. The Labute approximate surface area is 94.9 Å². The number of hydrogen-bond donors (Lipinski definition) is 0. The number of nitriles is 1. The molecule has 0 aliphatic carbocycles. The van der Waals surface area contributed by atoms with Crippen LogP contribution in [0.25, 0.3) is 0 Å². The highest BCUT2D eigenvalue weighted by Gasteiger charge is 2.32. The molecule has 1 atom stereocenters. The minimum atomic E-state index is -3.44. The van der Waals surface area contributed by atoms with E-state index in [1.807, 2.05) is 29.8 Å². The van der Waals surface area contributed by atoms with E-state index >= 15 is 0 Å². The molecule has 1 unspecified atom stereocenters. The van der Waals surface area contributed by atoms with Crippen LogP contribution in [0.4, 0.5) is 0 Å². The molecule has 0 saturated heterocycles. The maximum atomic E-state index is 11.8. The fourth-order valence-corrected chi connectivity index (χ4v) is 3.38. The summed E-state index contributed by atoms with van der Waals surface area (Å²) >= 11 is 0. The summed E-state index contributed by atoms with van der Waals surface area (Å²) in [4.78, 5) is 0. The van der Waals surface area contributed by atoms with E-state index in [9.17, 15) is 8.42 Å². The second-order valence-corrected chi connectivity index (χ2v) is 5.75.